The van der Waals surface area contributed by atoms with E-state index in [1.54, 1.807) is 6.08 Å². The number of imide groups is 2. The van der Waals surface area contributed by atoms with Gasteiger partial charge >= 0.3 is 6.03 Å². The van der Waals surface area contributed by atoms with Crippen LogP contribution >= 0.6 is 0 Å². The third kappa shape index (κ3) is 4.26. The van der Waals surface area contributed by atoms with Crippen molar-refractivity contribution in [1.82, 2.24) is 19.7 Å². The molecule has 2 aromatic rings. The number of hydrogen-bond donors (Lipinski definition) is 1. The first-order valence-corrected chi connectivity index (χ1v) is 12.6. The molecule has 35 heavy (non-hydrogen) atoms. The Morgan fingerprint density at radius 2 is 1.69 bits per heavy atom. The fourth-order valence-corrected chi connectivity index (χ4v) is 5.98. The Bertz CT molecular complexity index is 1210. The van der Waals surface area contributed by atoms with Gasteiger partial charge in [-0.15, -0.1) is 0 Å². The molecule has 0 bridgehead atoms. The third-order valence-electron chi connectivity index (χ3n) is 7.73. The number of amides is 5. The van der Waals surface area contributed by atoms with E-state index in [2.05, 4.69) is 19.2 Å². The lowest BCUT2D eigenvalue weighted by atomic mass is 9.97. The van der Waals surface area contributed by atoms with Gasteiger partial charge in [0, 0.05) is 40.8 Å². The van der Waals surface area contributed by atoms with E-state index in [9.17, 15) is 19.2 Å². The van der Waals surface area contributed by atoms with Crippen LogP contribution in [0.4, 0.5) is 4.79 Å². The van der Waals surface area contributed by atoms with E-state index in [4.69, 9.17) is 0 Å². The smallest absolute Gasteiger partial charge is 0.331 e. The fraction of sp³-hybridized carbons (Fsp3) is 0.481. The summed E-state index contributed by atoms with van der Waals surface area (Å²) in [4.78, 5) is 54.8. The van der Waals surface area contributed by atoms with Crippen molar-refractivity contribution < 1.29 is 19.2 Å². The van der Waals surface area contributed by atoms with E-state index in [0.29, 0.717) is 5.56 Å². The number of benzene rings is 1. The van der Waals surface area contributed by atoms with Crippen molar-refractivity contribution in [2.45, 2.75) is 83.5 Å². The number of barbiturate groups is 1. The highest BCUT2D eigenvalue weighted by Crippen LogP contribution is 2.30. The average molecular weight is 477 g/mol. The number of aromatic nitrogens is 1. The van der Waals surface area contributed by atoms with Crippen LogP contribution in [-0.4, -0.2) is 56.2 Å². The zero-order chi connectivity index (χ0) is 24.7. The van der Waals surface area contributed by atoms with Crippen molar-refractivity contribution in [2.75, 3.05) is 0 Å². The van der Waals surface area contributed by atoms with Gasteiger partial charge in [-0.3, -0.25) is 24.6 Å². The average Bonchev–Trinajstić information content (AvgIpc) is 3.45. The SMILES string of the molecule is C[C@@H]1CCC[C@@H](C)N1C(=O)Cn1cc(/C=C2/C(=O)NC(=O)N(C3CCCC3)C2=O)c2ccccc21. The van der Waals surface area contributed by atoms with Crippen molar-refractivity contribution in [3.05, 3.63) is 41.6 Å². The number of fused-ring (bicyclic) bond motifs is 1. The second kappa shape index (κ2) is 9.32. The molecule has 1 aromatic heterocycles. The van der Waals surface area contributed by atoms with Gasteiger partial charge in [-0.25, -0.2) is 4.79 Å². The van der Waals surface area contributed by atoms with Crippen LogP contribution in [0.2, 0.25) is 0 Å². The molecule has 8 heteroatoms. The molecular weight excluding hydrogens is 444 g/mol. The van der Waals surface area contributed by atoms with E-state index in [0.717, 1.165) is 55.8 Å². The van der Waals surface area contributed by atoms with Gasteiger partial charge in [-0.1, -0.05) is 31.0 Å². The minimum absolute atomic E-state index is 0.0518. The molecule has 0 radical (unpaired) electrons. The summed E-state index contributed by atoms with van der Waals surface area (Å²) in [6.45, 7) is 4.38. The summed E-state index contributed by atoms with van der Waals surface area (Å²) in [6.07, 6.45) is 9.97. The molecule has 1 aliphatic carbocycles. The van der Waals surface area contributed by atoms with Crippen LogP contribution in [0.5, 0.6) is 0 Å². The minimum atomic E-state index is -0.682. The topological polar surface area (TPSA) is 91.7 Å². The molecule has 1 N–H and O–H groups in total. The normalized spacial score (nSPS) is 25.1. The number of piperidine rings is 1. The summed E-state index contributed by atoms with van der Waals surface area (Å²) in [5.41, 5.74) is 1.48. The Labute approximate surface area is 204 Å². The molecule has 8 nitrogen and oxygen atoms in total. The largest absolute Gasteiger partial charge is 0.337 e. The number of para-hydroxylation sites is 1. The molecule has 3 fully saturated rings. The molecule has 3 heterocycles. The van der Waals surface area contributed by atoms with Crippen LogP contribution in [0, 0.1) is 0 Å². The lowest BCUT2D eigenvalue weighted by molar-refractivity contribution is -0.138. The van der Waals surface area contributed by atoms with Crippen molar-refractivity contribution in [3.63, 3.8) is 0 Å². The molecule has 5 rings (SSSR count). The number of urea groups is 1. The lowest BCUT2D eigenvalue weighted by Crippen LogP contribution is -2.57. The van der Waals surface area contributed by atoms with Crippen molar-refractivity contribution in [2.24, 2.45) is 0 Å². The summed E-state index contributed by atoms with van der Waals surface area (Å²) in [6, 6.07) is 7.25. The molecule has 1 saturated carbocycles. The van der Waals surface area contributed by atoms with Crippen LogP contribution in [0.1, 0.15) is 64.4 Å². The quantitative estimate of drug-likeness (QED) is 0.536. The number of hydrogen-bond acceptors (Lipinski definition) is 4. The summed E-state index contributed by atoms with van der Waals surface area (Å²) in [5, 5.41) is 3.18. The highest BCUT2D eigenvalue weighted by atomic mass is 16.2. The monoisotopic (exact) mass is 476 g/mol. The van der Waals surface area contributed by atoms with Crippen molar-refractivity contribution >= 4 is 40.7 Å². The van der Waals surface area contributed by atoms with Crippen LogP contribution in [0.25, 0.3) is 17.0 Å². The molecule has 0 unspecified atom stereocenters. The van der Waals surface area contributed by atoms with Gasteiger partial charge in [0.1, 0.15) is 12.1 Å². The molecule has 3 aliphatic rings. The summed E-state index contributed by atoms with van der Waals surface area (Å²) in [7, 11) is 0. The highest BCUT2D eigenvalue weighted by molar-refractivity contribution is 6.31. The van der Waals surface area contributed by atoms with Crippen molar-refractivity contribution in [1.29, 1.82) is 0 Å². The van der Waals surface area contributed by atoms with E-state index in [-0.39, 0.29) is 36.2 Å². The van der Waals surface area contributed by atoms with Gasteiger partial charge in [0.05, 0.1) is 0 Å². The molecule has 5 amide bonds. The van der Waals surface area contributed by atoms with Crippen LogP contribution in [0.3, 0.4) is 0 Å². The molecule has 2 atom stereocenters. The Balaban J connectivity index is 1.48. The van der Waals surface area contributed by atoms with E-state index < -0.39 is 17.8 Å². The summed E-state index contributed by atoms with van der Waals surface area (Å²) in [5.74, 6) is -1.17. The van der Waals surface area contributed by atoms with Gasteiger partial charge in [-0.2, -0.15) is 0 Å². The van der Waals surface area contributed by atoms with Gasteiger partial charge in [-0.05, 0) is 58.1 Å². The molecule has 0 spiro atoms. The number of nitrogens with zero attached hydrogens (tertiary/aromatic N) is 3. The lowest BCUT2D eigenvalue weighted by Gasteiger charge is -2.39. The number of nitrogens with one attached hydrogen (secondary N) is 1. The molecule has 2 aliphatic heterocycles. The summed E-state index contributed by atoms with van der Waals surface area (Å²) >= 11 is 0. The van der Waals surface area contributed by atoms with Gasteiger partial charge in [0.2, 0.25) is 5.91 Å². The maximum absolute atomic E-state index is 13.3. The predicted octanol–water partition coefficient (Wildman–Crippen LogP) is 3.84. The maximum Gasteiger partial charge on any atom is 0.331 e. The summed E-state index contributed by atoms with van der Waals surface area (Å²) < 4.78 is 1.89. The van der Waals surface area contributed by atoms with Crippen LogP contribution in [-0.2, 0) is 20.9 Å². The number of carbonyl (C=O) groups is 4. The zero-order valence-corrected chi connectivity index (χ0v) is 20.3. The van der Waals surface area contributed by atoms with Crippen molar-refractivity contribution in [3.8, 4) is 0 Å². The predicted molar refractivity (Wildman–Crippen MR) is 132 cm³/mol. The Hall–Kier alpha value is -3.42. The second-order valence-electron chi connectivity index (χ2n) is 10.1. The maximum atomic E-state index is 13.3. The van der Waals surface area contributed by atoms with E-state index >= 15 is 0 Å². The molecule has 1 aromatic carbocycles. The number of rotatable bonds is 4. The second-order valence-corrected chi connectivity index (χ2v) is 10.1. The fourth-order valence-electron chi connectivity index (χ4n) is 5.98. The van der Waals surface area contributed by atoms with E-state index in [1.165, 1.54) is 4.90 Å². The highest BCUT2D eigenvalue weighted by Gasteiger charge is 2.40. The first-order valence-electron chi connectivity index (χ1n) is 12.6. The van der Waals surface area contributed by atoms with Gasteiger partial charge < -0.3 is 9.47 Å². The number of carbonyl (C=O) groups excluding carboxylic acids is 4. The van der Waals surface area contributed by atoms with E-state index in [1.807, 2.05) is 39.9 Å². The van der Waals surface area contributed by atoms with Crippen LogP contribution in [0.15, 0.2) is 36.0 Å². The Morgan fingerprint density at radius 3 is 2.40 bits per heavy atom. The first kappa shape index (κ1) is 23.3. The minimum Gasteiger partial charge on any atom is -0.337 e. The third-order valence-corrected chi connectivity index (χ3v) is 7.73. The standard InChI is InChI=1S/C27H32N4O4/c1-17-8-7-9-18(2)30(17)24(32)16-29-15-19(21-12-5-6-13-23(21)29)14-22-25(33)28-27(35)31(26(22)34)20-10-3-4-11-20/h5-6,12-15,17-18,20H,3-4,7-11,16H2,1-2H3,(H,28,33,35)/b22-14-/t17-,18-/m1/s1. The molecule has 184 valence electrons. The first-order chi connectivity index (χ1) is 16.8. The Kier molecular flexibility index (Phi) is 6.21. The Morgan fingerprint density at radius 1 is 1.00 bits per heavy atom. The number of likely N-dealkylation sites (tertiary alicyclic amines) is 1. The van der Waals surface area contributed by atoms with Gasteiger partial charge in [0.15, 0.2) is 0 Å². The molecule has 2 saturated heterocycles. The van der Waals surface area contributed by atoms with Gasteiger partial charge in [0.25, 0.3) is 11.8 Å². The zero-order valence-electron chi connectivity index (χ0n) is 20.3. The molecular formula is C27H32N4O4. The van der Waals surface area contributed by atoms with Crippen LogP contribution < -0.4 is 5.32 Å².